The summed E-state index contributed by atoms with van der Waals surface area (Å²) in [4.78, 5) is 24.5. The van der Waals surface area contributed by atoms with E-state index < -0.39 is 5.91 Å². The molecule has 2 aromatic carbocycles. The fourth-order valence-corrected chi connectivity index (χ4v) is 4.13. The van der Waals surface area contributed by atoms with Crippen LogP contribution in [0.1, 0.15) is 52.1 Å². The van der Waals surface area contributed by atoms with Gasteiger partial charge in [-0.2, -0.15) is 0 Å². The van der Waals surface area contributed by atoms with Crippen LogP contribution in [0.3, 0.4) is 0 Å². The molecule has 1 fully saturated rings. The number of hydrogen-bond acceptors (Lipinski definition) is 3. The van der Waals surface area contributed by atoms with E-state index in [1.807, 2.05) is 30.3 Å². The van der Waals surface area contributed by atoms with Crippen LogP contribution in [-0.4, -0.2) is 22.3 Å². The van der Waals surface area contributed by atoms with Crippen molar-refractivity contribution in [1.29, 1.82) is 0 Å². The summed E-state index contributed by atoms with van der Waals surface area (Å²) in [6, 6.07) is 14.2. The number of carbonyl (C=O) groups is 2. The Bertz CT molecular complexity index is 1090. The van der Waals surface area contributed by atoms with Crippen molar-refractivity contribution in [1.82, 2.24) is 4.57 Å². The number of nitrogens with zero attached hydrogens (tertiary/aromatic N) is 1. The number of nitrogens with one attached hydrogen (secondary N) is 1. The Morgan fingerprint density at radius 3 is 2.70 bits per heavy atom. The summed E-state index contributed by atoms with van der Waals surface area (Å²) >= 11 is 0. The molecule has 0 saturated heterocycles. The number of benzene rings is 2. The molecule has 0 radical (unpaired) electrons. The minimum Gasteiger partial charge on any atom is -0.382 e. The van der Waals surface area contributed by atoms with Crippen molar-refractivity contribution in [3.05, 3.63) is 59.3 Å². The number of nitrogens with two attached hydrogens (primary N) is 1. The van der Waals surface area contributed by atoms with E-state index in [1.54, 1.807) is 6.07 Å². The van der Waals surface area contributed by atoms with E-state index in [9.17, 15) is 9.59 Å². The molecule has 27 heavy (non-hydrogen) atoms. The number of primary amides is 1. The second-order valence-corrected chi connectivity index (χ2v) is 7.46. The summed E-state index contributed by atoms with van der Waals surface area (Å²) in [7, 11) is 0. The highest BCUT2D eigenvalue weighted by Gasteiger charge is 2.27. The van der Waals surface area contributed by atoms with Crippen molar-refractivity contribution in [2.75, 3.05) is 5.32 Å². The molecular weight excluding hydrogens is 338 g/mol. The first kappa shape index (κ1) is 16.1. The molecule has 136 valence electrons. The van der Waals surface area contributed by atoms with Crippen molar-refractivity contribution < 1.29 is 9.59 Å². The summed E-state index contributed by atoms with van der Waals surface area (Å²) in [6.07, 6.45) is 4.57. The number of Topliss-reactive ketones (excluding diaryl/α,β-unsaturated/α-hetero) is 1. The molecule has 3 aromatic rings. The Morgan fingerprint density at radius 1 is 1.11 bits per heavy atom. The van der Waals surface area contributed by atoms with Gasteiger partial charge in [-0.15, -0.1) is 0 Å². The van der Waals surface area contributed by atoms with Crippen LogP contribution in [0, 0.1) is 0 Å². The van der Waals surface area contributed by atoms with Crippen LogP contribution >= 0.6 is 0 Å². The van der Waals surface area contributed by atoms with E-state index in [0.717, 1.165) is 59.2 Å². The fraction of sp³-hybridized carbons (Fsp3) is 0.273. The van der Waals surface area contributed by atoms with Gasteiger partial charge >= 0.3 is 0 Å². The van der Waals surface area contributed by atoms with Crippen molar-refractivity contribution in [3.8, 4) is 5.69 Å². The van der Waals surface area contributed by atoms with Gasteiger partial charge in [0.1, 0.15) is 0 Å². The number of rotatable bonds is 4. The third-order valence-corrected chi connectivity index (χ3v) is 5.53. The van der Waals surface area contributed by atoms with Gasteiger partial charge in [-0.3, -0.25) is 9.59 Å². The van der Waals surface area contributed by atoms with Gasteiger partial charge in [0.15, 0.2) is 5.78 Å². The summed E-state index contributed by atoms with van der Waals surface area (Å²) in [5.41, 5.74) is 10.8. The second-order valence-electron chi connectivity index (χ2n) is 7.46. The lowest BCUT2D eigenvalue weighted by atomic mass is 9.94. The molecule has 1 amide bonds. The second kappa shape index (κ2) is 5.98. The lowest BCUT2D eigenvalue weighted by Crippen LogP contribution is -2.16. The first-order valence-electron chi connectivity index (χ1n) is 9.50. The maximum atomic E-state index is 12.6. The minimum absolute atomic E-state index is 0.219. The molecule has 0 aliphatic heterocycles. The van der Waals surface area contributed by atoms with E-state index in [-0.39, 0.29) is 5.78 Å². The molecule has 0 atom stereocenters. The monoisotopic (exact) mass is 359 g/mol. The van der Waals surface area contributed by atoms with Crippen molar-refractivity contribution >= 4 is 28.3 Å². The number of ketones is 1. The third-order valence-electron chi connectivity index (χ3n) is 5.53. The van der Waals surface area contributed by atoms with Crippen molar-refractivity contribution in [2.24, 2.45) is 5.73 Å². The minimum atomic E-state index is -0.431. The number of carbonyl (C=O) groups excluding carboxylic acids is 2. The molecule has 2 aliphatic carbocycles. The van der Waals surface area contributed by atoms with Gasteiger partial charge in [0.25, 0.3) is 5.91 Å². The zero-order valence-electron chi connectivity index (χ0n) is 15.0. The first-order valence-corrected chi connectivity index (χ1v) is 9.50. The van der Waals surface area contributed by atoms with Crippen LogP contribution in [-0.2, 0) is 6.42 Å². The molecule has 5 rings (SSSR count). The molecule has 0 unspecified atom stereocenters. The number of fused-ring (bicyclic) bond motifs is 3. The predicted octanol–water partition coefficient (Wildman–Crippen LogP) is 3.82. The van der Waals surface area contributed by atoms with E-state index in [4.69, 9.17) is 5.73 Å². The fourth-order valence-electron chi connectivity index (χ4n) is 4.13. The van der Waals surface area contributed by atoms with Crippen LogP contribution in [0.15, 0.2) is 42.5 Å². The average molecular weight is 359 g/mol. The van der Waals surface area contributed by atoms with E-state index in [2.05, 4.69) is 16.0 Å². The van der Waals surface area contributed by atoms with E-state index in [1.165, 1.54) is 0 Å². The summed E-state index contributed by atoms with van der Waals surface area (Å²) in [5.74, 6) is -0.212. The topological polar surface area (TPSA) is 77.1 Å². The number of anilines is 1. The zero-order valence-corrected chi connectivity index (χ0v) is 15.0. The van der Waals surface area contributed by atoms with E-state index >= 15 is 0 Å². The molecule has 0 bridgehead atoms. The maximum Gasteiger partial charge on any atom is 0.250 e. The van der Waals surface area contributed by atoms with Crippen molar-refractivity contribution in [3.63, 3.8) is 0 Å². The lowest BCUT2D eigenvalue weighted by molar-refractivity contribution is 0.0971. The van der Waals surface area contributed by atoms with Gasteiger partial charge in [0.2, 0.25) is 0 Å². The quantitative estimate of drug-likeness (QED) is 0.743. The molecule has 1 heterocycles. The van der Waals surface area contributed by atoms with Gasteiger partial charge in [0, 0.05) is 40.5 Å². The number of para-hydroxylation sites is 1. The van der Waals surface area contributed by atoms with Gasteiger partial charge < -0.3 is 15.6 Å². The Balaban J connectivity index is 1.74. The third kappa shape index (κ3) is 2.62. The van der Waals surface area contributed by atoms with Crippen LogP contribution in [0.5, 0.6) is 0 Å². The summed E-state index contributed by atoms with van der Waals surface area (Å²) < 4.78 is 2.17. The van der Waals surface area contributed by atoms with Crippen LogP contribution < -0.4 is 11.1 Å². The largest absolute Gasteiger partial charge is 0.382 e. The van der Waals surface area contributed by atoms with Gasteiger partial charge in [-0.05, 0) is 49.9 Å². The normalized spacial score (nSPS) is 16.4. The highest BCUT2D eigenvalue weighted by molar-refractivity contribution is 6.10. The van der Waals surface area contributed by atoms with E-state index in [0.29, 0.717) is 18.0 Å². The Hall–Kier alpha value is -3.08. The van der Waals surface area contributed by atoms with Crippen molar-refractivity contribution in [2.45, 2.75) is 38.1 Å². The SMILES string of the molecule is NC(=O)c1ccc(-n2c3c(c4ccccc42)C(=O)CCC3)cc1NC1CC1. The molecular formula is C22H21N3O2. The Kier molecular flexibility index (Phi) is 3.57. The average Bonchev–Trinajstić information content (AvgIpc) is 3.40. The molecule has 3 N–H and O–H groups in total. The lowest BCUT2D eigenvalue weighted by Gasteiger charge is -2.17. The number of hydrogen-bond donors (Lipinski definition) is 2. The smallest absolute Gasteiger partial charge is 0.250 e. The Morgan fingerprint density at radius 2 is 1.93 bits per heavy atom. The molecule has 5 heteroatoms. The number of aromatic nitrogens is 1. The number of amides is 1. The van der Waals surface area contributed by atoms with Gasteiger partial charge in [-0.25, -0.2) is 0 Å². The van der Waals surface area contributed by atoms with Crippen LogP contribution in [0.2, 0.25) is 0 Å². The van der Waals surface area contributed by atoms with Crippen LogP contribution in [0.25, 0.3) is 16.6 Å². The van der Waals surface area contributed by atoms with Crippen LogP contribution in [0.4, 0.5) is 5.69 Å². The first-order chi connectivity index (χ1) is 13.1. The molecule has 5 nitrogen and oxygen atoms in total. The van der Waals surface area contributed by atoms with Gasteiger partial charge in [0.05, 0.1) is 11.1 Å². The summed E-state index contributed by atoms with van der Waals surface area (Å²) in [5, 5.41) is 4.43. The highest BCUT2D eigenvalue weighted by atomic mass is 16.1. The maximum absolute atomic E-state index is 12.6. The highest BCUT2D eigenvalue weighted by Crippen LogP contribution is 2.36. The molecule has 1 aromatic heterocycles. The summed E-state index contributed by atoms with van der Waals surface area (Å²) in [6.45, 7) is 0. The molecule has 0 spiro atoms. The Labute approximate surface area is 157 Å². The molecule has 1 saturated carbocycles. The van der Waals surface area contributed by atoms with Gasteiger partial charge in [-0.1, -0.05) is 18.2 Å². The standard InChI is InChI=1S/C22H21N3O2/c23-22(27)15-11-10-14(12-17(15)24-13-8-9-13)25-18-5-2-1-4-16(18)21-19(25)6-3-7-20(21)26/h1-2,4-5,10-13,24H,3,6-9H2,(H2,23,27). The zero-order chi connectivity index (χ0) is 18.5. The predicted molar refractivity (Wildman–Crippen MR) is 106 cm³/mol. The molecule has 2 aliphatic rings.